The fourth-order valence-electron chi connectivity index (χ4n) is 2.18. The Morgan fingerprint density at radius 2 is 1.77 bits per heavy atom. The molecule has 78 valence electrons. The first kappa shape index (κ1) is 11.0. The zero-order chi connectivity index (χ0) is 10.3. The first-order valence-electron chi connectivity index (χ1n) is 5.05. The second kappa shape index (κ2) is 2.97. The van der Waals surface area contributed by atoms with Crippen molar-refractivity contribution in [3.63, 3.8) is 0 Å². The molecule has 1 saturated carbocycles. The van der Waals surface area contributed by atoms with Crippen LogP contribution in [-0.2, 0) is 9.84 Å². The zero-order valence-corrected chi connectivity index (χ0v) is 9.87. The lowest BCUT2D eigenvalue weighted by molar-refractivity contribution is 0.493. The maximum atomic E-state index is 11.9. The summed E-state index contributed by atoms with van der Waals surface area (Å²) in [5.41, 5.74) is 0.0427. The molecule has 0 aliphatic heterocycles. The largest absolute Gasteiger partial charge is 0.228 e. The summed E-state index contributed by atoms with van der Waals surface area (Å²) in [6.45, 7) is 7.99. The Hall–Kier alpha value is -0.0500. The maximum absolute atomic E-state index is 11.9. The average Bonchev–Trinajstić information content (AvgIpc) is 2.58. The van der Waals surface area contributed by atoms with Crippen molar-refractivity contribution in [1.29, 1.82) is 0 Å². The summed E-state index contributed by atoms with van der Waals surface area (Å²) in [7, 11) is -2.86. The van der Waals surface area contributed by atoms with E-state index >= 15 is 0 Å². The smallest absolute Gasteiger partial charge is 0.156 e. The lowest BCUT2D eigenvalue weighted by Crippen LogP contribution is -2.28. The van der Waals surface area contributed by atoms with Crippen molar-refractivity contribution >= 4 is 9.84 Å². The standard InChI is InChI=1S/C10H20O2S/c1-5-7-13(11,12)10(4)8-9(10,3)6-2/h5-8H2,1-4H3. The van der Waals surface area contributed by atoms with Crippen LogP contribution in [0.2, 0.25) is 0 Å². The van der Waals surface area contributed by atoms with Gasteiger partial charge in [0.2, 0.25) is 0 Å². The predicted octanol–water partition coefficient (Wildman–Crippen LogP) is 2.39. The van der Waals surface area contributed by atoms with Crippen molar-refractivity contribution in [2.24, 2.45) is 5.41 Å². The van der Waals surface area contributed by atoms with Gasteiger partial charge in [-0.15, -0.1) is 0 Å². The van der Waals surface area contributed by atoms with E-state index in [1.54, 1.807) is 0 Å². The molecule has 0 amide bonds. The van der Waals surface area contributed by atoms with E-state index in [-0.39, 0.29) is 5.41 Å². The molecular weight excluding hydrogens is 184 g/mol. The third kappa shape index (κ3) is 1.41. The molecule has 1 aliphatic carbocycles. The number of sulfone groups is 1. The fourth-order valence-corrected chi connectivity index (χ4v) is 4.60. The Morgan fingerprint density at radius 1 is 1.23 bits per heavy atom. The molecular formula is C10H20O2S. The van der Waals surface area contributed by atoms with E-state index in [4.69, 9.17) is 0 Å². The quantitative estimate of drug-likeness (QED) is 0.704. The summed E-state index contributed by atoms with van der Waals surface area (Å²) in [4.78, 5) is 0. The normalized spacial score (nSPS) is 39.1. The highest BCUT2D eigenvalue weighted by Gasteiger charge is 2.66. The van der Waals surface area contributed by atoms with Crippen molar-refractivity contribution in [1.82, 2.24) is 0 Å². The lowest BCUT2D eigenvalue weighted by Gasteiger charge is -2.17. The van der Waals surface area contributed by atoms with Crippen molar-refractivity contribution in [2.45, 2.75) is 51.7 Å². The van der Waals surface area contributed by atoms with Crippen molar-refractivity contribution in [2.75, 3.05) is 5.75 Å². The first-order chi connectivity index (χ1) is 5.83. The molecule has 2 nitrogen and oxygen atoms in total. The molecule has 13 heavy (non-hydrogen) atoms. The molecule has 1 rings (SSSR count). The van der Waals surface area contributed by atoms with Gasteiger partial charge in [0.15, 0.2) is 9.84 Å². The second-order valence-electron chi connectivity index (χ2n) is 4.64. The minimum atomic E-state index is -2.86. The van der Waals surface area contributed by atoms with E-state index in [0.29, 0.717) is 5.75 Å². The van der Waals surface area contributed by atoms with Crippen molar-refractivity contribution in [3.05, 3.63) is 0 Å². The Labute approximate surface area is 81.6 Å². The van der Waals surface area contributed by atoms with Crippen LogP contribution in [0.3, 0.4) is 0 Å². The average molecular weight is 204 g/mol. The summed E-state index contributed by atoms with van der Waals surface area (Å²) < 4.78 is 23.4. The van der Waals surface area contributed by atoms with Crippen molar-refractivity contribution in [3.8, 4) is 0 Å². The van der Waals surface area contributed by atoms with E-state index in [1.165, 1.54) is 0 Å². The summed E-state index contributed by atoms with van der Waals surface area (Å²) >= 11 is 0. The van der Waals surface area contributed by atoms with Gasteiger partial charge in [-0.3, -0.25) is 0 Å². The Morgan fingerprint density at radius 3 is 2.08 bits per heavy atom. The van der Waals surface area contributed by atoms with Gasteiger partial charge < -0.3 is 0 Å². The highest BCUT2D eigenvalue weighted by molar-refractivity contribution is 7.93. The monoisotopic (exact) mass is 204 g/mol. The van der Waals surface area contributed by atoms with Gasteiger partial charge in [0.1, 0.15) is 0 Å². The van der Waals surface area contributed by atoms with Gasteiger partial charge in [-0.2, -0.15) is 0 Å². The van der Waals surface area contributed by atoms with Crippen LogP contribution in [0.4, 0.5) is 0 Å². The zero-order valence-electron chi connectivity index (χ0n) is 9.05. The minimum Gasteiger partial charge on any atom is -0.228 e. The van der Waals surface area contributed by atoms with Crippen LogP contribution in [0, 0.1) is 5.41 Å². The molecule has 2 atom stereocenters. The van der Waals surface area contributed by atoms with Gasteiger partial charge in [0.05, 0.1) is 10.5 Å². The summed E-state index contributed by atoms with van der Waals surface area (Å²) in [6.07, 6.45) is 2.54. The molecule has 0 aromatic carbocycles. The highest BCUT2D eigenvalue weighted by atomic mass is 32.2. The Bertz CT molecular complexity index is 294. The van der Waals surface area contributed by atoms with E-state index < -0.39 is 14.6 Å². The van der Waals surface area contributed by atoms with E-state index in [2.05, 4.69) is 13.8 Å². The molecule has 3 heteroatoms. The molecule has 0 heterocycles. The highest BCUT2D eigenvalue weighted by Crippen LogP contribution is 2.63. The number of rotatable bonds is 4. The number of hydrogen-bond donors (Lipinski definition) is 0. The van der Waals surface area contributed by atoms with E-state index in [0.717, 1.165) is 19.3 Å². The fraction of sp³-hybridized carbons (Fsp3) is 1.00. The SMILES string of the molecule is CCCS(=O)(=O)C1(C)CC1(C)CC. The summed E-state index contributed by atoms with van der Waals surface area (Å²) in [5.74, 6) is 0.346. The molecule has 2 unspecified atom stereocenters. The summed E-state index contributed by atoms with van der Waals surface area (Å²) in [6, 6.07) is 0. The van der Waals surface area contributed by atoms with E-state index in [1.807, 2.05) is 13.8 Å². The summed E-state index contributed by atoms with van der Waals surface area (Å²) in [5, 5.41) is 0. The maximum Gasteiger partial charge on any atom is 0.156 e. The molecule has 0 radical (unpaired) electrons. The van der Waals surface area contributed by atoms with Gasteiger partial charge in [-0.25, -0.2) is 8.42 Å². The van der Waals surface area contributed by atoms with Gasteiger partial charge in [-0.05, 0) is 31.6 Å². The molecule has 0 bridgehead atoms. The second-order valence-corrected chi connectivity index (χ2v) is 7.18. The van der Waals surface area contributed by atoms with Crippen LogP contribution in [-0.4, -0.2) is 18.9 Å². The van der Waals surface area contributed by atoms with Crippen LogP contribution in [0.1, 0.15) is 47.0 Å². The predicted molar refractivity (Wildman–Crippen MR) is 55.5 cm³/mol. The molecule has 0 spiro atoms. The molecule has 1 fully saturated rings. The molecule has 0 aromatic heterocycles. The first-order valence-corrected chi connectivity index (χ1v) is 6.70. The van der Waals surface area contributed by atoms with Crippen LogP contribution in [0.15, 0.2) is 0 Å². The Kier molecular flexibility index (Phi) is 2.52. The molecule has 0 aromatic rings. The molecule has 0 N–H and O–H groups in total. The number of hydrogen-bond acceptors (Lipinski definition) is 2. The van der Waals surface area contributed by atoms with Gasteiger partial charge in [-0.1, -0.05) is 20.8 Å². The third-order valence-electron chi connectivity index (χ3n) is 3.82. The van der Waals surface area contributed by atoms with Crippen LogP contribution < -0.4 is 0 Å². The lowest BCUT2D eigenvalue weighted by atomic mass is 10.0. The topological polar surface area (TPSA) is 34.1 Å². The van der Waals surface area contributed by atoms with Crippen LogP contribution in [0.25, 0.3) is 0 Å². The van der Waals surface area contributed by atoms with Crippen molar-refractivity contribution < 1.29 is 8.42 Å². The molecule has 0 saturated heterocycles. The minimum absolute atomic E-state index is 0.0427. The molecule has 1 aliphatic rings. The van der Waals surface area contributed by atoms with Gasteiger partial charge >= 0.3 is 0 Å². The van der Waals surface area contributed by atoms with E-state index in [9.17, 15) is 8.42 Å². The van der Waals surface area contributed by atoms with Crippen LogP contribution >= 0.6 is 0 Å². The van der Waals surface area contributed by atoms with Gasteiger partial charge in [0, 0.05) is 0 Å². The third-order valence-corrected chi connectivity index (χ3v) is 6.77. The van der Waals surface area contributed by atoms with Crippen LogP contribution in [0.5, 0.6) is 0 Å². The Balaban J connectivity index is 2.87. The van der Waals surface area contributed by atoms with Gasteiger partial charge in [0.25, 0.3) is 0 Å².